The van der Waals surface area contributed by atoms with Gasteiger partial charge in [0, 0.05) is 24.8 Å². The van der Waals surface area contributed by atoms with E-state index in [1.54, 1.807) is 0 Å². The van der Waals surface area contributed by atoms with Crippen LogP contribution in [0.1, 0.15) is 27.7 Å². The monoisotopic (exact) mass is 248 g/mol. The first-order chi connectivity index (χ1) is 7.25. The van der Waals surface area contributed by atoms with Gasteiger partial charge in [-0.15, -0.1) is 0 Å². The molecule has 0 bridgehead atoms. The van der Waals surface area contributed by atoms with Crippen LogP contribution in [-0.2, 0) is 8.85 Å². The Labute approximate surface area is 98.9 Å². The molecule has 0 aliphatic rings. The summed E-state index contributed by atoms with van der Waals surface area (Å²) in [5.74, 6) is 0. The number of rotatable bonds is 7. The lowest BCUT2D eigenvalue weighted by Crippen LogP contribution is -2.46. The van der Waals surface area contributed by atoms with E-state index in [1.165, 1.54) is 0 Å². The molecule has 0 aliphatic heterocycles. The van der Waals surface area contributed by atoms with Gasteiger partial charge in [0.1, 0.15) is 0 Å². The fraction of sp³-hybridized carbons (Fsp3) is 0.900. The Morgan fingerprint density at radius 1 is 1.25 bits per heavy atom. The lowest BCUT2D eigenvalue weighted by molar-refractivity contribution is 0.109. The van der Waals surface area contributed by atoms with Gasteiger partial charge >= 0.3 is 14.6 Å². The minimum Gasteiger partial charge on any atom is -0.392 e. The van der Waals surface area contributed by atoms with E-state index in [2.05, 4.69) is 5.32 Å². The lowest BCUT2D eigenvalue weighted by Gasteiger charge is -2.31. The number of carbonyl (C=O) groups is 1. The molecule has 0 aromatic carbocycles. The molecule has 0 aliphatic carbocycles. The third kappa shape index (κ3) is 7.67. The predicted molar refractivity (Wildman–Crippen MR) is 66.5 cm³/mol. The number of carbonyl (C=O) groups excluding carboxylic acids is 1. The summed E-state index contributed by atoms with van der Waals surface area (Å²) < 4.78 is 11.7. The van der Waals surface area contributed by atoms with Gasteiger partial charge in [0.05, 0.1) is 0 Å². The van der Waals surface area contributed by atoms with Gasteiger partial charge in [0.15, 0.2) is 0 Å². The minimum atomic E-state index is -2.21. The van der Waals surface area contributed by atoms with Crippen LogP contribution in [0.2, 0.25) is 12.6 Å². The number of primary amides is 1. The van der Waals surface area contributed by atoms with Gasteiger partial charge in [-0.05, 0) is 34.2 Å². The van der Waals surface area contributed by atoms with Gasteiger partial charge in [-0.2, -0.15) is 0 Å². The second-order valence-corrected chi connectivity index (χ2v) is 7.75. The van der Waals surface area contributed by atoms with Crippen LogP contribution >= 0.6 is 0 Å². The maximum absolute atomic E-state index is 10.6. The van der Waals surface area contributed by atoms with Crippen LogP contribution in [0.5, 0.6) is 0 Å². The van der Waals surface area contributed by atoms with Crippen molar-refractivity contribution >= 4 is 14.6 Å². The number of urea groups is 1. The summed E-state index contributed by atoms with van der Waals surface area (Å²) in [7, 11) is -2.21. The number of nitrogens with one attached hydrogen (secondary N) is 1. The van der Waals surface area contributed by atoms with Gasteiger partial charge in [-0.25, -0.2) is 4.79 Å². The second kappa shape index (κ2) is 6.88. The van der Waals surface area contributed by atoms with E-state index in [1.807, 2.05) is 34.2 Å². The molecule has 0 atom stereocenters. The molecule has 3 N–H and O–H groups in total. The van der Waals surface area contributed by atoms with Crippen molar-refractivity contribution in [2.75, 3.05) is 6.54 Å². The maximum atomic E-state index is 10.6. The Balaban J connectivity index is 4.23. The van der Waals surface area contributed by atoms with Crippen LogP contribution in [0.15, 0.2) is 0 Å². The highest BCUT2D eigenvalue weighted by Crippen LogP contribution is 2.17. The van der Waals surface area contributed by atoms with Crippen LogP contribution < -0.4 is 11.1 Å². The molecule has 0 saturated heterocycles. The Morgan fingerprint density at radius 2 is 1.69 bits per heavy atom. The molecule has 0 saturated carbocycles. The molecule has 0 aromatic rings. The third-order valence-electron chi connectivity index (χ3n) is 1.85. The zero-order chi connectivity index (χ0) is 12.8. The molecule has 6 heteroatoms. The summed E-state index contributed by atoms with van der Waals surface area (Å²) in [6, 6.07) is 0.192. The van der Waals surface area contributed by atoms with Crippen molar-refractivity contribution in [1.29, 1.82) is 0 Å². The summed E-state index contributed by atoms with van der Waals surface area (Å²) in [5.41, 5.74) is 5.01. The highest BCUT2D eigenvalue weighted by Gasteiger charge is 2.33. The topological polar surface area (TPSA) is 73.6 Å². The smallest absolute Gasteiger partial charge is 0.337 e. The van der Waals surface area contributed by atoms with Gasteiger partial charge < -0.3 is 19.9 Å². The third-order valence-corrected chi connectivity index (χ3v) is 4.95. The summed E-state index contributed by atoms with van der Waals surface area (Å²) >= 11 is 0. The van der Waals surface area contributed by atoms with Crippen LogP contribution in [-0.4, -0.2) is 33.3 Å². The first kappa shape index (κ1) is 15.4. The largest absolute Gasteiger partial charge is 0.392 e. The Bertz CT molecular complexity index is 212. The molecule has 0 rings (SSSR count). The van der Waals surface area contributed by atoms with Crippen molar-refractivity contribution in [3.8, 4) is 0 Å². The van der Waals surface area contributed by atoms with Crippen molar-refractivity contribution in [2.45, 2.75) is 52.5 Å². The molecular weight excluding hydrogens is 224 g/mol. The summed E-state index contributed by atoms with van der Waals surface area (Å²) in [5, 5.41) is 2.56. The van der Waals surface area contributed by atoms with E-state index >= 15 is 0 Å². The normalized spacial score (nSPS) is 12.2. The summed E-state index contributed by atoms with van der Waals surface area (Å²) in [6.45, 7) is 10.4. The molecule has 0 heterocycles. The Kier molecular flexibility index (Phi) is 6.62. The summed E-state index contributed by atoms with van der Waals surface area (Å²) in [6.07, 6.45) is 0.257. The average molecular weight is 248 g/mol. The van der Waals surface area contributed by atoms with E-state index in [0.717, 1.165) is 0 Å². The molecule has 0 radical (unpaired) electrons. The molecule has 0 fully saturated rings. The van der Waals surface area contributed by atoms with Crippen molar-refractivity contribution in [3.05, 3.63) is 0 Å². The fourth-order valence-corrected chi connectivity index (χ4v) is 4.42. The van der Waals surface area contributed by atoms with Crippen molar-refractivity contribution in [3.63, 3.8) is 0 Å². The average Bonchev–Trinajstić information content (AvgIpc) is 1.98. The molecule has 0 spiro atoms. The van der Waals surface area contributed by atoms with Crippen LogP contribution in [0.25, 0.3) is 0 Å². The zero-order valence-electron chi connectivity index (χ0n) is 10.9. The molecule has 0 unspecified atom stereocenters. The van der Waals surface area contributed by atoms with Crippen LogP contribution in [0, 0.1) is 0 Å². The molecule has 5 nitrogen and oxygen atoms in total. The van der Waals surface area contributed by atoms with Crippen LogP contribution in [0.3, 0.4) is 0 Å². The molecule has 96 valence electrons. The van der Waals surface area contributed by atoms with Gasteiger partial charge in [-0.3, -0.25) is 0 Å². The molecule has 16 heavy (non-hydrogen) atoms. The van der Waals surface area contributed by atoms with E-state index in [4.69, 9.17) is 14.6 Å². The van der Waals surface area contributed by atoms with Crippen molar-refractivity contribution in [2.24, 2.45) is 5.73 Å². The van der Waals surface area contributed by atoms with E-state index in [-0.39, 0.29) is 12.2 Å². The highest BCUT2D eigenvalue weighted by molar-refractivity contribution is 6.66. The first-order valence-electron chi connectivity index (χ1n) is 5.64. The number of nitrogens with two attached hydrogens (primary N) is 1. The Hall–Kier alpha value is -0.593. The highest BCUT2D eigenvalue weighted by atomic mass is 28.4. The fourth-order valence-electron chi connectivity index (χ4n) is 1.56. The standard InChI is InChI=1S/C10H24N2O3Si/c1-8(2)14-16(5,15-9(3)4)7-6-12-10(11)13/h8-9H,6-7H2,1-5H3,(H3,11,12,13). The second-order valence-electron chi connectivity index (χ2n) is 4.51. The lowest BCUT2D eigenvalue weighted by atomic mass is 10.5. The number of hydrogen-bond donors (Lipinski definition) is 2. The summed E-state index contributed by atoms with van der Waals surface area (Å²) in [4.78, 5) is 10.6. The minimum absolute atomic E-state index is 0.129. The van der Waals surface area contributed by atoms with Gasteiger partial charge in [0.25, 0.3) is 0 Å². The van der Waals surface area contributed by atoms with Crippen LogP contribution in [0.4, 0.5) is 4.79 Å². The molecular formula is C10H24N2O3Si. The predicted octanol–water partition coefficient (Wildman–Crippen LogP) is 1.58. The molecule has 0 aromatic heterocycles. The SMILES string of the molecule is CC(C)O[Si](C)(CCNC(N)=O)OC(C)C. The van der Waals surface area contributed by atoms with Crippen molar-refractivity contribution in [1.82, 2.24) is 5.32 Å². The van der Waals surface area contributed by atoms with E-state index < -0.39 is 14.6 Å². The Morgan fingerprint density at radius 3 is 2.00 bits per heavy atom. The molecule has 2 amide bonds. The van der Waals surface area contributed by atoms with Gasteiger partial charge in [-0.1, -0.05) is 0 Å². The van der Waals surface area contributed by atoms with E-state index in [0.29, 0.717) is 12.6 Å². The maximum Gasteiger partial charge on any atom is 0.337 e. The number of hydrogen-bond acceptors (Lipinski definition) is 3. The zero-order valence-corrected chi connectivity index (χ0v) is 11.9. The number of amides is 2. The van der Waals surface area contributed by atoms with Crippen molar-refractivity contribution < 1.29 is 13.6 Å². The quantitative estimate of drug-likeness (QED) is 0.672. The first-order valence-corrected chi connectivity index (χ1v) is 8.16. The van der Waals surface area contributed by atoms with E-state index in [9.17, 15) is 4.79 Å². The van der Waals surface area contributed by atoms with Gasteiger partial charge in [0.2, 0.25) is 0 Å².